The standard InChI is InChI=1S/C19H24N4O3/c1-12-4-7-16(22(12)3)10-20-18(24)14-5-8-15(9-6-14)23-13(2)17(11-21-23)19(25)26/h5-6,8-9,11-12,16H,4,7,10H2,1-3H3,(H,20,24)(H,25,26)/t12-,16-/m0/s1. The summed E-state index contributed by atoms with van der Waals surface area (Å²) in [5, 5.41) is 16.2. The lowest BCUT2D eigenvalue weighted by Gasteiger charge is -2.23. The molecule has 1 amide bonds. The summed E-state index contributed by atoms with van der Waals surface area (Å²) in [7, 11) is 2.10. The molecular weight excluding hydrogens is 332 g/mol. The van der Waals surface area contributed by atoms with Gasteiger partial charge in [0.2, 0.25) is 0 Å². The maximum absolute atomic E-state index is 12.4. The van der Waals surface area contributed by atoms with E-state index >= 15 is 0 Å². The van der Waals surface area contributed by atoms with Gasteiger partial charge in [0, 0.05) is 24.2 Å². The molecule has 2 heterocycles. The van der Waals surface area contributed by atoms with E-state index in [0.29, 0.717) is 29.9 Å². The number of likely N-dealkylation sites (N-methyl/N-ethyl adjacent to an activating group) is 1. The Hall–Kier alpha value is -2.67. The molecule has 1 fully saturated rings. The van der Waals surface area contributed by atoms with Crippen molar-refractivity contribution < 1.29 is 14.7 Å². The number of carbonyl (C=O) groups excluding carboxylic acids is 1. The molecule has 138 valence electrons. The predicted octanol–water partition coefficient (Wildman–Crippen LogP) is 2.09. The van der Waals surface area contributed by atoms with Gasteiger partial charge in [-0.05, 0) is 58.0 Å². The van der Waals surface area contributed by atoms with Crippen LogP contribution >= 0.6 is 0 Å². The zero-order valence-electron chi connectivity index (χ0n) is 15.3. The van der Waals surface area contributed by atoms with Gasteiger partial charge in [0.1, 0.15) is 5.56 Å². The first-order valence-electron chi connectivity index (χ1n) is 8.77. The molecule has 1 aromatic heterocycles. The SMILES string of the molecule is Cc1c(C(=O)O)cnn1-c1ccc(C(=O)NC[C@@H]2CC[C@H](C)N2C)cc1. The highest BCUT2D eigenvalue weighted by molar-refractivity contribution is 5.94. The lowest BCUT2D eigenvalue weighted by Crippen LogP contribution is -2.40. The summed E-state index contributed by atoms with van der Waals surface area (Å²) in [5.74, 6) is -1.11. The number of amides is 1. The quantitative estimate of drug-likeness (QED) is 0.857. The molecule has 26 heavy (non-hydrogen) atoms. The predicted molar refractivity (Wildman–Crippen MR) is 97.8 cm³/mol. The summed E-state index contributed by atoms with van der Waals surface area (Å²) in [6, 6.07) is 7.94. The molecule has 3 rings (SSSR count). The van der Waals surface area contributed by atoms with Crippen LogP contribution in [0, 0.1) is 6.92 Å². The minimum absolute atomic E-state index is 0.104. The zero-order chi connectivity index (χ0) is 18.8. The number of benzene rings is 1. The molecule has 1 saturated heterocycles. The van der Waals surface area contributed by atoms with Gasteiger partial charge in [-0.1, -0.05) is 0 Å². The second-order valence-electron chi connectivity index (χ2n) is 6.86. The lowest BCUT2D eigenvalue weighted by molar-refractivity contribution is 0.0695. The second kappa shape index (κ2) is 7.29. The number of nitrogens with zero attached hydrogens (tertiary/aromatic N) is 3. The number of hydrogen-bond acceptors (Lipinski definition) is 4. The van der Waals surface area contributed by atoms with Crippen LogP contribution in [0.1, 0.15) is 46.2 Å². The first-order valence-corrected chi connectivity index (χ1v) is 8.77. The van der Waals surface area contributed by atoms with Crippen molar-refractivity contribution in [3.05, 3.63) is 47.3 Å². The maximum atomic E-state index is 12.4. The Kier molecular flexibility index (Phi) is 5.08. The summed E-state index contributed by atoms with van der Waals surface area (Å²) in [5.41, 5.74) is 2.01. The lowest BCUT2D eigenvalue weighted by atomic mass is 10.1. The van der Waals surface area contributed by atoms with E-state index in [0.717, 1.165) is 18.5 Å². The van der Waals surface area contributed by atoms with Crippen molar-refractivity contribution in [1.29, 1.82) is 0 Å². The van der Waals surface area contributed by atoms with Crippen molar-refractivity contribution in [2.24, 2.45) is 0 Å². The molecule has 1 aromatic carbocycles. The third-order valence-electron chi connectivity index (χ3n) is 5.30. The molecule has 0 bridgehead atoms. The van der Waals surface area contributed by atoms with E-state index in [-0.39, 0.29) is 11.5 Å². The van der Waals surface area contributed by atoms with Crippen LogP contribution in [0.25, 0.3) is 5.69 Å². The summed E-state index contributed by atoms with van der Waals surface area (Å²) < 4.78 is 1.56. The van der Waals surface area contributed by atoms with Gasteiger partial charge < -0.3 is 10.4 Å². The van der Waals surface area contributed by atoms with Gasteiger partial charge in [-0.2, -0.15) is 5.10 Å². The van der Waals surface area contributed by atoms with Crippen LogP contribution in [0.3, 0.4) is 0 Å². The molecule has 0 radical (unpaired) electrons. The molecule has 1 aliphatic heterocycles. The number of rotatable bonds is 5. The Morgan fingerprint density at radius 1 is 1.27 bits per heavy atom. The average molecular weight is 356 g/mol. The van der Waals surface area contributed by atoms with Crippen LogP contribution in [0.2, 0.25) is 0 Å². The fourth-order valence-corrected chi connectivity index (χ4v) is 3.39. The Morgan fingerprint density at radius 3 is 2.50 bits per heavy atom. The van der Waals surface area contributed by atoms with Crippen molar-refractivity contribution >= 4 is 11.9 Å². The van der Waals surface area contributed by atoms with E-state index < -0.39 is 5.97 Å². The largest absolute Gasteiger partial charge is 0.478 e. The average Bonchev–Trinajstić information content (AvgIpc) is 3.16. The van der Waals surface area contributed by atoms with Crippen molar-refractivity contribution in [3.8, 4) is 5.69 Å². The topological polar surface area (TPSA) is 87.5 Å². The van der Waals surface area contributed by atoms with Crippen LogP contribution in [0.4, 0.5) is 0 Å². The van der Waals surface area contributed by atoms with Crippen LogP contribution < -0.4 is 5.32 Å². The molecule has 2 N–H and O–H groups in total. The van der Waals surface area contributed by atoms with E-state index in [2.05, 4.69) is 29.3 Å². The summed E-state index contributed by atoms with van der Waals surface area (Å²) in [4.78, 5) is 25.8. The Labute approximate surface area is 152 Å². The van der Waals surface area contributed by atoms with Crippen molar-refractivity contribution in [3.63, 3.8) is 0 Å². The Bertz CT molecular complexity index is 813. The van der Waals surface area contributed by atoms with E-state index in [1.165, 1.54) is 6.20 Å². The second-order valence-corrected chi connectivity index (χ2v) is 6.86. The molecule has 7 nitrogen and oxygen atoms in total. The third kappa shape index (κ3) is 3.48. The van der Waals surface area contributed by atoms with E-state index in [9.17, 15) is 9.59 Å². The van der Waals surface area contributed by atoms with Crippen LogP contribution in [-0.4, -0.2) is 57.3 Å². The minimum atomic E-state index is -1.00. The molecule has 0 saturated carbocycles. The van der Waals surface area contributed by atoms with E-state index in [1.807, 2.05) is 0 Å². The highest BCUT2D eigenvalue weighted by Crippen LogP contribution is 2.21. The van der Waals surface area contributed by atoms with E-state index in [4.69, 9.17) is 5.11 Å². The normalized spacial score (nSPS) is 20.3. The molecule has 7 heteroatoms. The van der Waals surface area contributed by atoms with Crippen molar-refractivity contribution in [2.75, 3.05) is 13.6 Å². The van der Waals surface area contributed by atoms with Gasteiger partial charge in [0.25, 0.3) is 5.91 Å². The molecule has 2 atom stereocenters. The number of aromatic carboxylic acids is 1. The third-order valence-corrected chi connectivity index (χ3v) is 5.30. The molecule has 0 aliphatic carbocycles. The number of hydrogen-bond donors (Lipinski definition) is 2. The van der Waals surface area contributed by atoms with Gasteiger partial charge in [-0.25, -0.2) is 9.48 Å². The first kappa shape index (κ1) is 18.1. The summed E-state index contributed by atoms with van der Waals surface area (Å²) >= 11 is 0. The summed E-state index contributed by atoms with van der Waals surface area (Å²) in [6.07, 6.45) is 3.59. The molecule has 0 unspecified atom stereocenters. The van der Waals surface area contributed by atoms with Crippen molar-refractivity contribution in [1.82, 2.24) is 20.0 Å². The van der Waals surface area contributed by atoms with Crippen molar-refractivity contribution in [2.45, 2.75) is 38.8 Å². The van der Waals surface area contributed by atoms with Gasteiger partial charge in [-0.15, -0.1) is 0 Å². The number of nitrogens with one attached hydrogen (secondary N) is 1. The highest BCUT2D eigenvalue weighted by atomic mass is 16.4. The molecule has 2 aromatic rings. The van der Waals surface area contributed by atoms with Crippen LogP contribution in [0.5, 0.6) is 0 Å². The summed E-state index contributed by atoms with van der Waals surface area (Å²) in [6.45, 7) is 4.55. The van der Waals surface area contributed by atoms with Gasteiger partial charge in [0.15, 0.2) is 0 Å². The van der Waals surface area contributed by atoms with Gasteiger partial charge in [-0.3, -0.25) is 9.69 Å². The fourth-order valence-electron chi connectivity index (χ4n) is 3.39. The van der Waals surface area contributed by atoms with Gasteiger partial charge >= 0.3 is 5.97 Å². The number of likely N-dealkylation sites (tertiary alicyclic amines) is 1. The number of carboxylic acids is 1. The highest BCUT2D eigenvalue weighted by Gasteiger charge is 2.27. The monoisotopic (exact) mass is 356 g/mol. The number of carboxylic acid groups (broad SMARTS) is 1. The Balaban J connectivity index is 1.66. The zero-order valence-corrected chi connectivity index (χ0v) is 15.3. The first-order chi connectivity index (χ1) is 12.4. The van der Waals surface area contributed by atoms with Crippen LogP contribution in [-0.2, 0) is 0 Å². The Morgan fingerprint density at radius 2 is 1.96 bits per heavy atom. The van der Waals surface area contributed by atoms with E-state index in [1.54, 1.807) is 35.9 Å². The number of aromatic nitrogens is 2. The van der Waals surface area contributed by atoms with Gasteiger partial charge in [0.05, 0.1) is 17.6 Å². The smallest absolute Gasteiger partial charge is 0.339 e. The molecule has 0 spiro atoms. The fraction of sp³-hybridized carbons (Fsp3) is 0.421. The minimum Gasteiger partial charge on any atom is -0.478 e. The molecular formula is C19H24N4O3. The molecule has 1 aliphatic rings. The number of carbonyl (C=O) groups is 2. The maximum Gasteiger partial charge on any atom is 0.339 e. The van der Waals surface area contributed by atoms with Crippen LogP contribution in [0.15, 0.2) is 30.5 Å².